The molecule has 29 heavy (non-hydrogen) atoms. The molecule has 12 heteroatoms. The molecule has 2 heterocycles. The van der Waals surface area contributed by atoms with Crippen LogP contribution in [0.25, 0.3) is 11.4 Å². The molecule has 0 radical (unpaired) electrons. The molecular formula is C17H11BrF6N4O. The van der Waals surface area contributed by atoms with Crippen molar-refractivity contribution in [1.29, 1.82) is 0 Å². The van der Waals surface area contributed by atoms with Crippen LogP contribution in [0.4, 0.5) is 26.3 Å². The Morgan fingerprint density at radius 1 is 1.03 bits per heavy atom. The molecule has 0 aliphatic rings. The molecule has 0 bridgehead atoms. The number of aliphatic hydroxyl groups is 1. The average molecular weight is 481 g/mol. The Hall–Kier alpha value is -2.47. The van der Waals surface area contributed by atoms with Gasteiger partial charge in [0.25, 0.3) is 5.82 Å². The normalized spacial score (nSPS) is 14.7. The number of nitrogens with zero attached hydrogens (tertiary/aromatic N) is 4. The van der Waals surface area contributed by atoms with E-state index in [0.717, 1.165) is 24.4 Å². The summed E-state index contributed by atoms with van der Waals surface area (Å²) in [5, 5.41) is 13.6. The maximum absolute atomic E-state index is 15.1. The summed E-state index contributed by atoms with van der Waals surface area (Å²) in [6, 6.07) is 6.55. The largest absolute Gasteiger partial charge is 0.453 e. The van der Waals surface area contributed by atoms with Crippen molar-refractivity contribution in [2.75, 3.05) is 0 Å². The first-order valence-electron chi connectivity index (χ1n) is 7.87. The van der Waals surface area contributed by atoms with Gasteiger partial charge >= 0.3 is 12.1 Å². The highest BCUT2D eigenvalue weighted by molar-refractivity contribution is 9.10. The van der Waals surface area contributed by atoms with Crippen LogP contribution in [0.3, 0.4) is 0 Å². The number of aromatic nitrogens is 4. The minimum atomic E-state index is -5.12. The number of alkyl halides is 5. The van der Waals surface area contributed by atoms with Crippen LogP contribution in [0, 0.1) is 5.82 Å². The monoisotopic (exact) mass is 480 g/mol. The van der Waals surface area contributed by atoms with Crippen molar-refractivity contribution in [3.05, 3.63) is 64.4 Å². The molecule has 0 saturated carbocycles. The summed E-state index contributed by atoms with van der Waals surface area (Å²) in [7, 11) is 0. The van der Waals surface area contributed by atoms with Crippen molar-refractivity contribution in [3.8, 4) is 11.4 Å². The molecule has 3 rings (SSSR count). The predicted molar refractivity (Wildman–Crippen MR) is 92.1 cm³/mol. The number of rotatable bonds is 4. The first-order valence-corrected chi connectivity index (χ1v) is 8.67. The van der Waals surface area contributed by atoms with Gasteiger partial charge in [0.15, 0.2) is 5.82 Å². The lowest BCUT2D eigenvalue weighted by Crippen LogP contribution is -2.47. The van der Waals surface area contributed by atoms with Gasteiger partial charge in [-0.25, -0.2) is 14.1 Å². The van der Waals surface area contributed by atoms with Crippen LogP contribution < -0.4 is 0 Å². The first-order chi connectivity index (χ1) is 13.4. The summed E-state index contributed by atoms with van der Waals surface area (Å²) < 4.78 is 84.0. The third-order valence-electron chi connectivity index (χ3n) is 4.03. The molecule has 1 aromatic carbocycles. The van der Waals surface area contributed by atoms with E-state index in [1.165, 1.54) is 18.2 Å². The molecule has 154 valence electrons. The Bertz CT molecular complexity index is 1030. The maximum atomic E-state index is 15.1. The van der Waals surface area contributed by atoms with Crippen LogP contribution >= 0.6 is 15.9 Å². The molecule has 0 aliphatic carbocycles. The standard InChI is InChI=1S/C17H11BrF6N4O/c1-15(29,16(20,21)12-7-6-9(18)8-25-12)28-13(10-4-2-3-5-11(10)19)26-14(27-28)17(22,23)24/h2-8,29H,1H3. The molecule has 0 spiro atoms. The van der Waals surface area contributed by atoms with E-state index in [1.807, 2.05) is 0 Å². The highest BCUT2D eigenvalue weighted by Crippen LogP contribution is 2.43. The van der Waals surface area contributed by atoms with E-state index < -0.39 is 46.5 Å². The lowest BCUT2D eigenvalue weighted by atomic mass is 10.0. The van der Waals surface area contributed by atoms with E-state index in [2.05, 4.69) is 31.0 Å². The number of hydrogen-bond donors (Lipinski definition) is 1. The minimum absolute atomic E-state index is 0.0437. The summed E-state index contributed by atoms with van der Waals surface area (Å²) in [6.45, 7) is 0.538. The molecule has 1 N–H and O–H groups in total. The Kier molecular flexibility index (Phi) is 5.20. The van der Waals surface area contributed by atoms with E-state index in [9.17, 15) is 22.7 Å². The Morgan fingerprint density at radius 2 is 1.69 bits per heavy atom. The molecule has 0 aliphatic heterocycles. The molecule has 2 aromatic heterocycles. The number of pyridine rings is 1. The lowest BCUT2D eigenvalue weighted by Gasteiger charge is -2.33. The topological polar surface area (TPSA) is 63.8 Å². The third kappa shape index (κ3) is 3.73. The van der Waals surface area contributed by atoms with Crippen molar-refractivity contribution in [3.63, 3.8) is 0 Å². The Morgan fingerprint density at radius 3 is 2.24 bits per heavy atom. The van der Waals surface area contributed by atoms with E-state index >= 15 is 8.78 Å². The van der Waals surface area contributed by atoms with Gasteiger partial charge in [-0.3, -0.25) is 4.98 Å². The Balaban J connectivity index is 2.24. The summed E-state index contributed by atoms with van der Waals surface area (Å²) in [5.74, 6) is -7.98. The zero-order valence-electron chi connectivity index (χ0n) is 14.4. The van der Waals surface area contributed by atoms with Crippen molar-refractivity contribution in [2.45, 2.75) is 24.7 Å². The average Bonchev–Trinajstić information content (AvgIpc) is 3.08. The van der Waals surface area contributed by atoms with Crippen LogP contribution in [0.2, 0.25) is 0 Å². The zero-order chi connectivity index (χ0) is 21.6. The van der Waals surface area contributed by atoms with Crippen molar-refractivity contribution >= 4 is 15.9 Å². The van der Waals surface area contributed by atoms with Crippen molar-refractivity contribution in [2.24, 2.45) is 0 Å². The van der Waals surface area contributed by atoms with Gasteiger partial charge in [-0.2, -0.15) is 22.0 Å². The van der Waals surface area contributed by atoms with Gasteiger partial charge in [0.1, 0.15) is 11.5 Å². The number of hydrogen-bond acceptors (Lipinski definition) is 4. The van der Waals surface area contributed by atoms with E-state index in [4.69, 9.17) is 0 Å². The SMILES string of the molecule is CC(O)(n1nc(C(F)(F)F)nc1-c1ccccc1F)C(F)(F)c1ccc(Br)cn1. The number of halogens is 7. The smallest absolute Gasteiger partial charge is 0.364 e. The zero-order valence-corrected chi connectivity index (χ0v) is 16.0. The van der Waals surface area contributed by atoms with Crippen LogP contribution in [-0.2, 0) is 17.8 Å². The van der Waals surface area contributed by atoms with E-state index in [0.29, 0.717) is 11.4 Å². The summed E-state index contributed by atoms with van der Waals surface area (Å²) in [6.07, 6.45) is -4.09. The molecule has 0 amide bonds. The highest BCUT2D eigenvalue weighted by atomic mass is 79.9. The van der Waals surface area contributed by atoms with Gasteiger partial charge in [0.05, 0.1) is 5.56 Å². The van der Waals surface area contributed by atoms with Gasteiger partial charge in [-0.1, -0.05) is 12.1 Å². The first kappa shape index (κ1) is 21.2. The quantitative estimate of drug-likeness (QED) is 0.549. The van der Waals surface area contributed by atoms with E-state index in [-0.39, 0.29) is 4.68 Å². The van der Waals surface area contributed by atoms with Crippen molar-refractivity contribution < 1.29 is 31.4 Å². The lowest BCUT2D eigenvalue weighted by molar-refractivity contribution is -0.234. The van der Waals surface area contributed by atoms with Gasteiger partial charge in [0, 0.05) is 10.7 Å². The summed E-state index contributed by atoms with van der Waals surface area (Å²) in [5.41, 5.74) is -4.85. The second kappa shape index (κ2) is 7.10. The second-order valence-electron chi connectivity index (χ2n) is 6.11. The minimum Gasteiger partial charge on any atom is -0.364 e. The fourth-order valence-electron chi connectivity index (χ4n) is 2.49. The fraction of sp³-hybridized carbons (Fsp3) is 0.235. The van der Waals surface area contributed by atoms with Gasteiger partial charge < -0.3 is 5.11 Å². The molecule has 5 nitrogen and oxygen atoms in total. The van der Waals surface area contributed by atoms with Crippen molar-refractivity contribution in [1.82, 2.24) is 19.7 Å². The van der Waals surface area contributed by atoms with E-state index in [1.54, 1.807) is 0 Å². The van der Waals surface area contributed by atoms with Crippen LogP contribution in [-0.4, -0.2) is 24.9 Å². The van der Waals surface area contributed by atoms with Crippen LogP contribution in [0.15, 0.2) is 47.1 Å². The predicted octanol–water partition coefficient (Wildman–Crippen LogP) is 4.72. The Labute approximate surface area is 168 Å². The summed E-state index contributed by atoms with van der Waals surface area (Å²) >= 11 is 3.02. The maximum Gasteiger partial charge on any atom is 0.453 e. The van der Waals surface area contributed by atoms with Gasteiger partial charge in [-0.05, 0) is 47.1 Å². The summed E-state index contributed by atoms with van der Waals surface area (Å²) in [4.78, 5) is 6.67. The van der Waals surface area contributed by atoms with Crippen LogP contribution in [0.5, 0.6) is 0 Å². The molecule has 1 atom stereocenters. The molecule has 1 unspecified atom stereocenters. The molecule has 0 fully saturated rings. The fourth-order valence-corrected chi connectivity index (χ4v) is 2.72. The van der Waals surface area contributed by atoms with Gasteiger partial charge in [-0.15, -0.1) is 5.10 Å². The van der Waals surface area contributed by atoms with Gasteiger partial charge in [0.2, 0.25) is 5.72 Å². The second-order valence-corrected chi connectivity index (χ2v) is 7.02. The van der Waals surface area contributed by atoms with Crippen LogP contribution in [0.1, 0.15) is 18.4 Å². The molecule has 0 saturated heterocycles. The highest BCUT2D eigenvalue weighted by Gasteiger charge is 2.56. The number of benzene rings is 1. The third-order valence-corrected chi connectivity index (χ3v) is 4.50. The molecular weight excluding hydrogens is 470 g/mol. The molecule has 3 aromatic rings.